The van der Waals surface area contributed by atoms with Gasteiger partial charge >= 0.3 is 12.4 Å². The van der Waals surface area contributed by atoms with E-state index >= 15 is 0 Å². The molecule has 3 aromatic carbocycles. The molecule has 0 unspecified atom stereocenters. The van der Waals surface area contributed by atoms with Crippen LogP contribution in [-0.4, -0.2) is 10.7 Å². The van der Waals surface area contributed by atoms with E-state index in [-0.39, 0.29) is 11.3 Å². The Balaban J connectivity index is 1.62. The summed E-state index contributed by atoms with van der Waals surface area (Å²) >= 11 is 0. The number of pyridine rings is 1. The molecule has 4 rings (SSSR count). The number of benzene rings is 3. The van der Waals surface area contributed by atoms with Gasteiger partial charge in [-0.25, -0.2) is 4.99 Å². The van der Waals surface area contributed by atoms with E-state index in [2.05, 4.69) is 4.99 Å². The molecule has 182 valence electrons. The molecule has 0 radical (unpaired) electrons. The normalized spacial score (nSPS) is 12.8. The summed E-state index contributed by atoms with van der Waals surface area (Å²) in [6.45, 7) is 2.34. The highest BCUT2D eigenvalue weighted by atomic mass is 19.4. The van der Waals surface area contributed by atoms with Crippen LogP contribution in [0.3, 0.4) is 0 Å². The summed E-state index contributed by atoms with van der Waals surface area (Å²) < 4.78 is 84.9. The van der Waals surface area contributed by atoms with E-state index in [1.54, 1.807) is 47.2 Å². The van der Waals surface area contributed by atoms with E-state index in [4.69, 9.17) is 4.74 Å². The summed E-state index contributed by atoms with van der Waals surface area (Å²) in [5.41, 5.74) is 0.321. The van der Waals surface area contributed by atoms with E-state index in [1.807, 2.05) is 6.92 Å². The van der Waals surface area contributed by atoms with Crippen LogP contribution in [0.25, 0.3) is 10.9 Å². The summed E-state index contributed by atoms with van der Waals surface area (Å²) in [5.74, 6) is 0.680. The zero-order chi connectivity index (χ0) is 25.2. The quantitative estimate of drug-likeness (QED) is 0.262. The van der Waals surface area contributed by atoms with E-state index < -0.39 is 24.3 Å². The molecule has 0 bridgehead atoms. The van der Waals surface area contributed by atoms with Crippen LogP contribution >= 0.6 is 0 Å². The van der Waals surface area contributed by atoms with Gasteiger partial charge in [0, 0.05) is 18.1 Å². The molecular formula is C26H20F6N2O. The largest absolute Gasteiger partial charge is 0.457 e. The highest BCUT2D eigenvalue weighted by molar-refractivity contribution is 5.79. The molecular weight excluding hydrogens is 470 g/mol. The summed E-state index contributed by atoms with van der Waals surface area (Å²) in [5, 5.41) is 1.08. The van der Waals surface area contributed by atoms with Crippen molar-refractivity contribution >= 4 is 16.6 Å². The number of aromatic nitrogens is 1. The van der Waals surface area contributed by atoms with Crippen LogP contribution in [0.1, 0.15) is 18.1 Å². The third-order valence-corrected chi connectivity index (χ3v) is 5.29. The minimum Gasteiger partial charge on any atom is -0.457 e. The van der Waals surface area contributed by atoms with Crippen LogP contribution in [0.4, 0.5) is 32.0 Å². The second-order valence-electron chi connectivity index (χ2n) is 7.86. The molecule has 0 aliphatic carbocycles. The molecule has 0 saturated carbocycles. The van der Waals surface area contributed by atoms with Crippen LogP contribution in [0.5, 0.6) is 11.5 Å². The molecule has 0 N–H and O–H groups in total. The fourth-order valence-corrected chi connectivity index (χ4v) is 3.68. The van der Waals surface area contributed by atoms with Crippen molar-refractivity contribution in [2.45, 2.75) is 32.2 Å². The molecule has 0 spiro atoms. The fraction of sp³-hybridized carbons (Fsp3) is 0.192. The smallest absolute Gasteiger partial charge is 0.416 e. The number of halogens is 6. The van der Waals surface area contributed by atoms with Gasteiger partial charge in [0.2, 0.25) is 0 Å². The molecule has 9 heteroatoms. The molecule has 0 amide bonds. The maximum atomic E-state index is 13.2. The predicted octanol–water partition coefficient (Wildman–Crippen LogP) is 7.81. The standard InChI is InChI=1S/C26H20F6N2O/c1-2-34-13-12-23(22-11-6-18(15-24(22)34)26(30,31)32)33-19-7-9-20(10-8-19)35-21-5-3-4-17(14-21)16-25(27,28)29/h3-15H,2,16H2,1H3. The summed E-state index contributed by atoms with van der Waals surface area (Å²) in [6, 6.07) is 17.6. The monoisotopic (exact) mass is 490 g/mol. The van der Waals surface area contributed by atoms with Crippen molar-refractivity contribution in [1.29, 1.82) is 0 Å². The lowest BCUT2D eigenvalue weighted by molar-refractivity contribution is -0.137. The minimum atomic E-state index is -4.45. The van der Waals surface area contributed by atoms with Gasteiger partial charge in [0.15, 0.2) is 0 Å². The molecule has 3 nitrogen and oxygen atoms in total. The topological polar surface area (TPSA) is 26.5 Å². The second kappa shape index (κ2) is 9.48. The van der Waals surface area contributed by atoms with Crippen molar-refractivity contribution in [1.82, 2.24) is 4.57 Å². The lowest BCUT2D eigenvalue weighted by Gasteiger charge is -2.12. The molecule has 4 aromatic rings. The molecule has 1 heterocycles. The Hall–Kier alpha value is -3.75. The number of alkyl halides is 6. The Labute approximate surface area is 196 Å². The maximum Gasteiger partial charge on any atom is 0.416 e. The lowest BCUT2D eigenvalue weighted by atomic mass is 10.1. The first-order chi connectivity index (χ1) is 16.5. The number of hydrogen-bond donors (Lipinski definition) is 0. The molecule has 0 fully saturated rings. The first-order valence-corrected chi connectivity index (χ1v) is 10.7. The van der Waals surface area contributed by atoms with Gasteiger partial charge in [-0.2, -0.15) is 26.3 Å². The third kappa shape index (κ3) is 6.03. The Morgan fingerprint density at radius 2 is 1.57 bits per heavy atom. The van der Waals surface area contributed by atoms with Gasteiger partial charge < -0.3 is 9.30 Å². The van der Waals surface area contributed by atoms with Crippen LogP contribution in [0, 0.1) is 0 Å². The lowest BCUT2D eigenvalue weighted by Crippen LogP contribution is -2.11. The number of aryl methyl sites for hydroxylation is 1. The van der Waals surface area contributed by atoms with Crippen LogP contribution in [0.15, 0.2) is 84.0 Å². The molecule has 35 heavy (non-hydrogen) atoms. The third-order valence-electron chi connectivity index (χ3n) is 5.29. The van der Waals surface area contributed by atoms with Crippen molar-refractivity contribution in [3.05, 3.63) is 95.5 Å². The predicted molar refractivity (Wildman–Crippen MR) is 121 cm³/mol. The molecule has 0 atom stereocenters. The Bertz CT molecular complexity index is 1400. The number of rotatable bonds is 5. The van der Waals surface area contributed by atoms with Crippen molar-refractivity contribution in [3.8, 4) is 11.5 Å². The van der Waals surface area contributed by atoms with Crippen LogP contribution in [0.2, 0.25) is 0 Å². The van der Waals surface area contributed by atoms with Gasteiger partial charge in [0.1, 0.15) is 11.5 Å². The Kier molecular flexibility index (Phi) is 6.60. The second-order valence-corrected chi connectivity index (χ2v) is 7.86. The van der Waals surface area contributed by atoms with Crippen molar-refractivity contribution in [3.63, 3.8) is 0 Å². The van der Waals surface area contributed by atoms with E-state index in [0.29, 0.717) is 34.2 Å². The highest BCUT2D eigenvalue weighted by Crippen LogP contribution is 2.31. The highest BCUT2D eigenvalue weighted by Gasteiger charge is 2.30. The Morgan fingerprint density at radius 3 is 2.23 bits per heavy atom. The van der Waals surface area contributed by atoms with E-state index in [1.165, 1.54) is 24.3 Å². The SMILES string of the molecule is CCn1ccc(=Nc2ccc(Oc3cccc(CC(F)(F)F)c3)cc2)c2ccc(C(F)(F)F)cc21. The number of fused-ring (bicyclic) bond motifs is 1. The number of ether oxygens (including phenoxy) is 1. The van der Waals surface area contributed by atoms with Gasteiger partial charge in [-0.15, -0.1) is 0 Å². The summed E-state index contributed by atoms with van der Waals surface area (Å²) in [6.07, 6.45) is -8.12. The van der Waals surface area contributed by atoms with Crippen LogP contribution < -0.4 is 10.1 Å². The van der Waals surface area contributed by atoms with Crippen LogP contribution in [-0.2, 0) is 19.1 Å². The van der Waals surface area contributed by atoms with Gasteiger partial charge in [-0.3, -0.25) is 0 Å². The molecule has 0 aliphatic heterocycles. The average Bonchev–Trinajstić information content (AvgIpc) is 2.79. The van der Waals surface area contributed by atoms with Crippen molar-refractivity contribution < 1.29 is 31.1 Å². The fourth-order valence-electron chi connectivity index (χ4n) is 3.68. The van der Waals surface area contributed by atoms with E-state index in [9.17, 15) is 26.3 Å². The Morgan fingerprint density at radius 1 is 0.829 bits per heavy atom. The van der Waals surface area contributed by atoms with Crippen molar-refractivity contribution in [2.24, 2.45) is 4.99 Å². The molecule has 0 saturated heterocycles. The number of nitrogens with zero attached hydrogens (tertiary/aromatic N) is 2. The zero-order valence-corrected chi connectivity index (χ0v) is 18.5. The first kappa shape index (κ1) is 24.4. The molecule has 0 aliphatic rings. The van der Waals surface area contributed by atoms with Gasteiger partial charge in [-0.1, -0.05) is 18.2 Å². The summed E-state index contributed by atoms with van der Waals surface area (Å²) in [4.78, 5) is 4.56. The van der Waals surface area contributed by atoms with Crippen molar-refractivity contribution in [2.75, 3.05) is 0 Å². The first-order valence-electron chi connectivity index (χ1n) is 10.7. The summed E-state index contributed by atoms with van der Waals surface area (Å²) in [7, 11) is 0. The minimum absolute atomic E-state index is 0.0931. The van der Waals surface area contributed by atoms with E-state index in [0.717, 1.165) is 12.1 Å². The molecule has 1 aromatic heterocycles. The maximum absolute atomic E-state index is 13.2. The average molecular weight is 490 g/mol. The van der Waals surface area contributed by atoms with Gasteiger partial charge in [0.05, 0.1) is 28.5 Å². The number of hydrogen-bond acceptors (Lipinski definition) is 2. The zero-order valence-electron chi connectivity index (χ0n) is 18.5. The van der Waals surface area contributed by atoms with Gasteiger partial charge in [-0.05, 0) is 67.1 Å². The van der Waals surface area contributed by atoms with Gasteiger partial charge in [0.25, 0.3) is 0 Å².